The molecule has 2 aliphatic rings. The summed E-state index contributed by atoms with van der Waals surface area (Å²) in [7, 11) is -3.15. The monoisotopic (exact) mass is 289 g/mol. The zero-order chi connectivity index (χ0) is 13.9. The Morgan fingerprint density at radius 2 is 1.89 bits per heavy atom. The molecular formula is C12H23N3O3S. The maximum Gasteiger partial charge on any atom is 0.239 e. The topological polar surface area (TPSA) is 78.5 Å². The molecule has 6 nitrogen and oxygen atoms in total. The fourth-order valence-corrected chi connectivity index (χ4v) is 3.64. The first-order valence-corrected chi connectivity index (χ1v) is 8.84. The minimum absolute atomic E-state index is 0.0293. The van der Waals surface area contributed by atoms with E-state index in [1.54, 1.807) is 0 Å². The summed E-state index contributed by atoms with van der Waals surface area (Å²) in [6, 6.07) is -0.0634. The van der Waals surface area contributed by atoms with Crippen molar-refractivity contribution in [2.75, 3.05) is 25.9 Å². The smallest absolute Gasteiger partial charge is 0.239 e. The molecule has 2 N–H and O–H groups in total. The van der Waals surface area contributed by atoms with E-state index in [9.17, 15) is 13.2 Å². The first-order valence-electron chi connectivity index (χ1n) is 6.95. The Morgan fingerprint density at radius 1 is 1.21 bits per heavy atom. The second-order valence-electron chi connectivity index (χ2n) is 5.49. The highest BCUT2D eigenvalue weighted by atomic mass is 32.2. The predicted molar refractivity (Wildman–Crippen MR) is 73.2 cm³/mol. The first-order chi connectivity index (χ1) is 8.96. The van der Waals surface area contributed by atoms with Crippen LogP contribution in [0.3, 0.4) is 0 Å². The molecule has 2 fully saturated rings. The number of nitrogens with one attached hydrogen (secondary N) is 2. The van der Waals surface area contributed by atoms with E-state index in [-0.39, 0.29) is 18.0 Å². The van der Waals surface area contributed by atoms with Gasteiger partial charge in [0.1, 0.15) is 0 Å². The summed E-state index contributed by atoms with van der Waals surface area (Å²) >= 11 is 0. The molecule has 2 aliphatic heterocycles. The van der Waals surface area contributed by atoms with Gasteiger partial charge in [0, 0.05) is 19.1 Å². The van der Waals surface area contributed by atoms with Gasteiger partial charge in [0.2, 0.25) is 15.9 Å². The zero-order valence-corrected chi connectivity index (χ0v) is 12.2. The summed E-state index contributed by atoms with van der Waals surface area (Å²) < 4.78 is 24.9. The summed E-state index contributed by atoms with van der Waals surface area (Å²) in [4.78, 5) is 14.1. The highest BCUT2D eigenvalue weighted by molar-refractivity contribution is 7.88. The molecule has 2 rings (SSSR count). The van der Waals surface area contributed by atoms with Gasteiger partial charge < -0.3 is 10.2 Å². The van der Waals surface area contributed by atoms with Crippen LogP contribution in [0.5, 0.6) is 0 Å². The lowest BCUT2D eigenvalue weighted by molar-refractivity contribution is -0.135. The number of hydrogen-bond acceptors (Lipinski definition) is 4. The van der Waals surface area contributed by atoms with Crippen molar-refractivity contribution in [3.05, 3.63) is 0 Å². The van der Waals surface area contributed by atoms with Crippen LogP contribution in [0.15, 0.2) is 0 Å². The zero-order valence-electron chi connectivity index (χ0n) is 11.4. The van der Waals surface area contributed by atoms with Crippen molar-refractivity contribution in [3.8, 4) is 0 Å². The summed E-state index contributed by atoms with van der Waals surface area (Å²) in [6.45, 7) is 2.21. The lowest BCUT2D eigenvalue weighted by Gasteiger charge is -2.35. The number of sulfonamides is 1. The normalized spacial score (nSPS) is 26.4. The van der Waals surface area contributed by atoms with Crippen LogP contribution in [0.25, 0.3) is 0 Å². The molecule has 1 amide bonds. The van der Waals surface area contributed by atoms with Crippen LogP contribution in [0.2, 0.25) is 0 Å². The second-order valence-corrected chi connectivity index (χ2v) is 7.27. The van der Waals surface area contributed by atoms with Crippen LogP contribution in [0, 0.1) is 0 Å². The van der Waals surface area contributed by atoms with Gasteiger partial charge in [0.05, 0.1) is 12.3 Å². The Hall–Kier alpha value is -0.660. The van der Waals surface area contributed by atoms with Gasteiger partial charge in [-0.1, -0.05) is 6.42 Å². The van der Waals surface area contributed by atoms with Gasteiger partial charge in [-0.3, -0.25) is 4.79 Å². The number of rotatable bonds is 3. The SMILES string of the molecule is CS(=O)(=O)NC1CCN(C(=O)C2CCCCN2)CC1. The molecule has 0 aliphatic carbocycles. The second kappa shape index (κ2) is 6.19. The Balaban J connectivity index is 1.80. The molecule has 2 heterocycles. The van der Waals surface area contributed by atoms with Crippen molar-refractivity contribution < 1.29 is 13.2 Å². The highest BCUT2D eigenvalue weighted by Crippen LogP contribution is 2.15. The number of carbonyl (C=O) groups is 1. The summed E-state index contributed by atoms with van der Waals surface area (Å²) in [5.41, 5.74) is 0. The average molecular weight is 289 g/mol. The molecule has 0 spiro atoms. The molecule has 0 radical (unpaired) electrons. The quantitative estimate of drug-likeness (QED) is 0.745. The van der Waals surface area contributed by atoms with Crippen LogP contribution >= 0.6 is 0 Å². The van der Waals surface area contributed by atoms with Crippen LogP contribution < -0.4 is 10.0 Å². The molecule has 0 bridgehead atoms. The highest BCUT2D eigenvalue weighted by Gasteiger charge is 2.29. The maximum absolute atomic E-state index is 12.3. The fraction of sp³-hybridized carbons (Fsp3) is 0.917. The largest absolute Gasteiger partial charge is 0.341 e. The number of likely N-dealkylation sites (tertiary alicyclic amines) is 1. The molecule has 1 unspecified atom stereocenters. The molecule has 0 saturated carbocycles. The van der Waals surface area contributed by atoms with Gasteiger partial charge in [-0.25, -0.2) is 13.1 Å². The van der Waals surface area contributed by atoms with Crippen molar-refractivity contribution in [1.82, 2.24) is 14.9 Å². The number of hydrogen-bond donors (Lipinski definition) is 2. The third-order valence-electron chi connectivity index (χ3n) is 3.80. The van der Waals surface area contributed by atoms with Gasteiger partial charge >= 0.3 is 0 Å². The van der Waals surface area contributed by atoms with E-state index < -0.39 is 10.0 Å². The average Bonchev–Trinajstić information content (AvgIpc) is 2.38. The van der Waals surface area contributed by atoms with E-state index >= 15 is 0 Å². The Bertz CT molecular complexity index is 410. The third kappa shape index (κ3) is 4.43. The van der Waals surface area contributed by atoms with Gasteiger partial charge in [-0.05, 0) is 32.2 Å². The first kappa shape index (κ1) is 14.7. The van der Waals surface area contributed by atoms with Crippen LogP contribution in [0.4, 0.5) is 0 Å². The maximum atomic E-state index is 12.3. The molecule has 0 aromatic heterocycles. The molecular weight excluding hydrogens is 266 g/mol. The lowest BCUT2D eigenvalue weighted by Crippen LogP contribution is -2.53. The van der Waals surface area contributed by atoms with Crippen molar-refractivity contribution in [1.29, 1.82) is 0 Å². The molecule has 110 valence electrons. The van der Waals surface area contributed by atoms with Crippen molar-refractivity contribution in [2.45, 2.75) is 44.2 Å². The van der Waals surface area contributed by atoms with Crippen molar-refractivity contribution >= 4 is 15.9 Å². The standard InChI is InChI=1S/C12H23N3O3S/c1-19(17,18)14-10-5-8-15(9-6-10)12(16)11-4-2-3-7-13-11/h10-11,13-14H,2-9H2,1H3. The number of carbonyl (C=O) groups excluding carboxylic acids is 1. The van der Waals surface area contributed by atoms with E-state index in [1.165, 1.54) is 6.26 Å². The van der Waals surface area contributed by atoms with E-state index in [0.717, 1.165) is 25.8 Å². The molecule has 0 aromatic carbocycles. The summed E-state index contributed by atoms with van der Waals surface area (Å²) in [5, 5.41) is 3.26. The van der Waals surface area contributed by atoms with E-state index in [1.807, 2.05) is 4.90 Å². The van der Waals surface area contributed by atoms with Gasteiger partial charge in [-0.2, -0.15) is 0 Å². The van der Waals surface area contributed by atoms with E-state index in [2.05, 4.69) is 10.0 Å². The number of nitrogens with zero attached hydrogens (tertiary/aromatic N) is 1. The van der Waals surface area contributed by atoms with Crippen LogP contribution in [-0.2, 0) is 14.8 Å². The molecule has 0 aromatic rings. The fourth-order valence-electron chi connectivity index (χ4n) is 2.80. The third-order valence-corrected chi connectivity index (χ3v) is 4.56. The lowest BCUT2D eigenvalue weighted by atomic mass is 10.0. The minimum atomic E-state index is -3.15. The van der Waals surface area contributed by atoms with E-state index in [4.69, 9.17) is 0 Å². The molecule has 7 heteroatoms. The van der Waals surface area contributed by atoms with Crippen LogP contribution in [0.1, 0.15) is 32.1 Å². The molecule has 1 atom stereocenters. The Morgan fingerprint density at radius 3 is 2.42 bits per heavy atom. The molecule has 2 saturated heterocycles. The minimum Gasteiger partial charge on any atom is -0.341 e. The van der Waals surface area contributed by atoms with E-state index in [0.29, 0.717) is 25.9 Å². The van der Waals surface area contributed by atoms with Crippen molar-refractivity contribution in [2.24, 2.45) is 0 Å². The Labute approximate surface area is 115 Å². The number of piperidine rings is 2. The summed E-state index contributed by atoms with van der Waals surface area (Å²) in [6.07, 6.45) is 5.74. The Kier molecular flexibility index (Phi) is 4.81. The van der Waals surface area contributed by atoms with Gasteiger partial charge in [0.15, 0.2) is 0 Å². The van der Waals surface area contributed by atoms with Gasteiger partial charge in [-0.15, -0.1) is 0 Å². The molecule has 19 heavy (non-hydrogen) atoms. The number of amides is 1. The predicted octanol–water partition coefficient (Wildman–Crippen LogP) is -0.331. The van der Waals surface area contributed by atoms with Gasteiger partial charge in [0.25, 0.3) is 0 Å². The summed E-state index contributed by atoms with van der Waals surface area (Å²) in [5.74, 6) is 0.178. The van der Waals surface area contributed by atoms with Crippen LogP contribution in [-0.4, -0.2) is 57.2 Å². The van der Waals surface area contributed by atoms with Crippen molar-refractivity contribution in [3.63, 3.8) is 0 Å².